The highest BCUT2D eigenvalue weighted by molar-refractivity contribution is 6.31. The molecule has 2 aromatic carbocycles. The van der Waals surface area contributed by atoms with Gasteiger partial charge in [0.1, 0.15) is 0 Å². The second kappa shape index (κ2) is 14.5. The van der Waals surface area contributed by atoms with E-state index >= 15 is 0 Å². The van der Waals surface area contributed by atoms with E-state index in [1.165, 1.54) is 59.0 Å². The van der Waals surface area contributed by atoms with E-state index in [2.05, 4.69) is 39.9 Å². The first-order valence-electron chi connectivity index (χ1n) is 14.9. The number of nitrogens with zero attached hydrogens (tertiary/aromatic N) is 1. The van der Waals surface area contributed by atoms with Crippen molar-refractivity contribution in [2.75, 3.05) is 31.6 Å². The van der Waals surface area contributed by atoms with Crippen LogP contribution in [0, 0.1) is 0 Å². The van der Waals surface area contributed by atoms with Crippen LogP contribution in [-0.4, -0.2) is 42.2 Å². The van der Waals surface area contributed by atoms with Gasteiger partial charge < -0.3 is 20.4 Å². The molecule has 2 aromatic heterocycles. The van der Waals surface area contributed by atoms with Crippen LogP contribution in [0.1, 0.15) is 68.2 Å². The third-order valence-electron chi connectivity index (χ3n) is 7.87. The van der Waals surface area contributed by atoms with Crippen molar-refractivity contribution >= 4 is 45.0 Å². The molecule has 40 heavy (non-hydrogen) atoms. The van der Waals surface area contributed by atoms with E-state index in [1.54, 1.807) is 0 Å². The highest BCUT2D eigenvalue weighted by Crippen LogP contribution is 2.34. The van der Waals surface area contributed by atoms with E-state index in [1.807, 2.05) is 24.4 Å². The minimum absolute atomic E-state index is 0.0745. The van der Waals surface area contributed by atoms with Gasteiger partial charge in [-0.25, -0.2) is 0 Å². The van der Waals surface area contributed by atoms with Crippen LogP contribution in [-0.2, 0) is 28.8 Å². The maximum absolute atomic E-state index is 12.1. The number of hydrogen-bond acceptors (Lipinski definition) is 4. The summed E-state index contributed by atoms with van der Waals surface area (Å²) >= 11 is 6.24. The van der Waals surface area contributed by atoms with Gasteiger partial charge in [0.2, 0.25) is 5.91 Å². The summed E-state index contributed by atoms with van der Waals surface area (Å²) in [6.45, 7) is 2.79. The number of pyridine rings is 1. The normalized spacial score (nSPS) is 13.0. The van der Waals surface area contributed by atoms with Crippen molar-refractivity contribution in [3.63, 3.8) is 0 Å². The van der Waals surface area contributed by atoms with Gasteiger partial charge >= 0.3 is 0 Å². The lowest BCUT2D eigenvalue weighted by Gasteiger charge is -2.22. The van der Waals surface area contributed by atoms with E-state index < -0.39 is 0 Å². The van der Waals surface area contributed by atoms with Gasteiger partial charge in [0.15, 0.2) is 0 Å². The molecule has 212 valence electrons. The molecular formula is C33H41ClN4O2. The molecule has 0 bridgehead atoms. The molecular weight excluding hydrogens is 520 g/mol. The number of hydrogen-bond donors (Lipinski definition) is 3. The van der Waals surface area contributed by atoms with E-state index in [0.717, 1.165) is 67.7 Å². The quantitative estimate of drug-likeness (QED) is 0.133. The summed E-state index contributed by atoms with van der Waals surface area (Å²) in [5.74, 6) is 0.0745. The van der Waals surface area contributed by atoms with Crippen LogP contribution >= 0.6 is 11.6 Å². The van der Waals surface area contributed by atoms with Crippen LogP contribution < -0.4 is 10.6 Å². The van der Waals surface area contributed by atoms with E-state index in [0.29, 0.717) is 19.6 Å². The number of benzene rings is 2. The van der Waals surface area contributed by atoms with E-state index in [-0.39, 0.29) is 5.91 Å². The van der Waals surface area contributed by atoms with Gasteiger partial charge in [-0.2, -0.15) is 0 Å². The summed E-state index contributed by atoms with van der Waals surface area (Å²) in [5, 5.41) is 9.94. The molecule has 0 spiro atoms. The lowest BCUT2D eigenvalue weighted by atomic mass is 9.92. The molecule has 1 amide bonds. The number of ether oxygens (including phenoxy) is 1. The highest BCUT2D eigenvalue weighted by Gasteiger charge is 2.18. The van der Waals surface area contributed by atoms with Crippen molar-refractivity contribution in [3.05, 3.63) is 70.5 Å². The molecule has 0 saturated heterocycles. The van der Waals surface area contributed by atoms with Crippen molar-refractivity contribution in [1.82, 2.24) is 15.3 Å². The molecule has 7 heteroatoms. The molecule has 0 atom stereocenters. The molecule has 0 aliphatic heterocycles. The van der Waals surface area contributed by atoms with Crippen molar-refractivity contribution < 1.29 is 9.53 Å². The summed E-state index contributed by atoms with van der Waals surface area (Å²) in [5.41, 5.74) is 7.30. The van der Waals surface area contributed by atoms with Crippen LogP contribution in [0.3, 0.4) is 0 Å². The number of carbonyl (C=O) groups is 1. The minimum atomic E-state index is 0.0745. The van der Waals surface area contributed by atoms with Crippen LogP contribution in [0.2, 0.25) is 5.02 Å². The van der Waals surface area contributed by atoms with Crippen LogP contribution in [0.5, 0.6) is 0 Å². The molecule has 5 rings (SSSR count). The number of aromatic amines is 1. The summed E-state index contributed by atoms with van der Waals surface area (Å²) < 4.78 is 5.71. The smallest absolute Gasteiger partial charge is 0.222 e. The van der Waals surface area contributed by atoms with Gasteiger partial charge in [-0.1, -0.05) is 49.1 Å². The molecule has 0 fully saturated rings. The fraction of sp³-hybridized carbons (Fsp3) is 0.455. The molecule has 0 radical (unpaired) electrons. The molecule has 6 nitrogen and oxygen atoms in total. The summed E-state index contributed by atoms with van der Waals surface area (Å²) in [7, 11) is 0. The Morgan fingerprint density at radius 1 is 0.950 bits per heavy atom. The Bertz CT molecular complexity index is 1420. The lowest BCUT2D eigenvalue weighted by Crippen LogP contribution is -2.25. The first kappa shape index (κ1) is 28.4. The third-order valence-corrected chi connectivity index (χ3v) is 8.10. The zero-order chi connectivity index (χ0) is 27.6. The molecule has 0 unspecified atom stereocenters. The number of halogens is 1. The number of amides is 1. The maximum atomic E-state index is 12.1. The maximum Gasteiger partial charge on any atom is 0.222 e. The summed E-state index contributed by atoms with van der Waals surface area (Å²) in [6, 6.07) is 14.3. The first-order chi connectivity index (χ1) is 19.7. The average molecular weight is 561 g/mol. The predicted molar refractivity (Wildman–Crippen MR) is 165 cm³/mol. The van der Waals surface area contributed by atoms with Crippen molar-refractivity contribution in [2.24, 2.45) is 0 Å². The number of rotatable bonds is 15. The Balaban J connectivity index is 0.912. The number of unbranched alkanes of at least 4 members (excludes halogenated alkanes) is 4. The predicted octanol–water partition coefficient (Wildman–Crippen LogP) is 7.38. The third kappa shape index (κ3) is 7.55. The largest absolute Gasteiger partial charge is 0.384 e. The highest BCUT2D eigenvalue weighted by atomic mass is 35.5. The first-order valence-corrected chi connectivity index (χ1v) is 15.3. The number of carbonyl (C=O) groups excluding carboxylic acids is 1. The molecule has 4 aromatic rings. The van der Waals surface area contributed by atoms with E-state index in [9.17, 15) is 4.79 Å². The Hall–Kier alpha value is -3.09. The second-order valence-electron chi connectivity index (χ2n) is 10.8. The average Bonchev–Trinajstić information content (AvgIpc) is 3.38. The molecule has 1 aliphatic carbocycles. The number of para-hydroxylation sites is 1. The number of nitrogens with one attached hydrogen (secondary N) is 3. The SMILES string of the molecule is O=C(CCOCCc1c[nH]c2ccccc12)NCCCCCCCNc1c2c(nc3cc(Cl)ccc13)CCCC2. The van der Waals surface area contributed by atoms with Crippen molar-refractivity contribution in [1.29, 1.82) is 0 Å². The standard InChI is InChI=1S/C33H41ClN4O2/c34-25-14-15-28-31(22-25)38-30-13-7-5-11-27(30)33(28)36-19-9-3-1-2-8-18-35-32(39)17-21-40-20-16-24-23-37-29-12-6-4-10-26(24)29/h4,6,10,12,14-15,22-23,37H,1-3,5,7-9,11,13,16-21H2,(H,35,39)(H,36,38). The number of anilines is 1. The fourth-order valence-electron chi connectivity index (χ4n) is 5.70. The molecule has 0 saturated carbocycles. The van der Waals surface area contributed by atoms with Gasteiger partial charge in [0.05, 0.1) is 18.7 Å². The summed E-state index contributed by atoms with van der Waals surface area (Å²) in [4.78, 5) is 20.3. The number of aryl methyl sites for hydroxylation is 1. The summed E-state index contributed by atoms with van der Waals surface area (Å²) in [6.07, 6.45) is 13.6. The Morgan fingerprint density at radius 3 is 2.70 bits per heavy atom. The monoisotopic (exact) mass is 560 g/mol. The molecule has 3 N–H and O–H groups in total. The Morgan fingerprint density at radius 2 is 1.77 bits per heavy atom. The Kier molecular flexibility index (Phi) is 10.3. The van der Waals surface area contributed by atoms with Gasteiger partial charge in [0.25, 0.3) is 0 Å². The lowest BCUT2D eigenvalue weighted by molar-refractivity contribution is -0.122. The Labute approximate surface area is 242 Å². The van der Waals surface area contributed by atoms with Crippen LogP contribution in [0.15, 0.2) is 48.7 Å². The second-order valence-corrected chi connectivity index (χ2v) is 11.2. The fourth-order valence-corrected chi connectivity index (χ4v) is 5.86. The van der Waals surface area contributed by atoms with Crippen LogP contribution in [0.4, 0.5) is 5.69 Å². The topological polar surface area (TPSA) is 79.0 Å². The number of fused-ring (bicyclic) bond motifs is 3. The molecule has 2 heterocycles. The minimum Gasteiger partial charge on any atom is -0.384 e. The van der Waals surface area contributed by atoms with Crippen molar-refractivity contribution in [3.8, 4) is 0 Å². The molecule has 1 aliphatic rings. The van der Waals surface area contributed by atoms with Gasteiger partial charge in [-0.05, 0) is 80.3 Å². The van der Waals surface area contributed by atoms with Crippen molar-refractivity contribution in [2.45, 2.75) is 70.6 Å². The van der Waals surface area contributed by atoms with E-state index in [4.69, 9.17) is 21.3 Å². The zero-order valence-corrected chi connectivity index (χ0v) is 24.1. The zero-order valence-electron chi connectivity index (χ0n) is 23.4. The number of aromatic nitrogens is 2. The van der Waals surface area contributed by atoms with Gasteiger partial charge in [0, 0.05) is 58.4 Å². The van der Waals surface area contributed by atoms with Gasteiger partial charge in [-0.3, -0.25) is 9.78 Å². The van der Waals surface area contributed by atoms with Crippen LogP contribution in [0.25, 0.3) is 21.8 Å². The van der Waals surface area contributed by atoms with Gasteiger partial charge in [-0.15, -0.1) is 0 Å². The number of H-pyrrole nitrogens is 1.